The first-order valence-corrected chi connectivity index (χ1v) is 7.23. The molecule has 1 fully saturated rings. The summed E-state index contributed by atoms with van der Waals surface area (Å²) in [5.41, 5.74) is -0.213. The van der Waals surface area contributed by atoms with Crippen LogP contribution in [0.2, 0.25) is 10.0 Å². The maximum atomic E-state index is 12.1. The zero-order valence-corrected chi connectivity index (χ0v) is 13.0. The van der Waals surface area contributed by atoms with Crippen molar-refractivity contribution in [2.45, 2.75) is 13.3 Å². The Morgan fingerprint density at radius 2 is 2.10 bits per heavy atom. The first-order valence-electron chi connectivity index (χ1n) is 6.47. The summed E-state index contributed by atoms with van der Waals surface area (Å²) in [6.45, 7) is 2.31. The molecule has 21 heavy (non-hydrogen) atoms. The van der Waals surface area contributed by atoms with Gasteiger partial charge in [-0.15, -0.1) is 0 Å². The van der Waals surface area contributed by atoms with Crippen LogP contribution in [-0.2, 0) is 9.59 Å². The molecule has 0 aliphatic carbocycles. The molecule has 6 heteroatoms. The minimum absolute atomic E-state index is 0.217. The molecular weight excluding hydrogens is 313 g/mol. The number of carboxylic acids is 1. The summed E-state index contributed by atoms with van der Waals surface area (Å²) in [5, 5.41) is 10.2. The molecule has 1 aromatic carbocycles. The Balaban J connectivity index is 2.07. The fraction of sp³-hybridized carbons (Fsp3) is 0.333. The molecule has 1 saturated heterocycles. The van der Waals surface area contributed by atoms with E-state index >= 15 is 0 Å². The minimum atomic E-state index is -0.875. The third-order valence-corrected chi connectivity index (χ3v) is 4.24. The van der Waals surface area contributed by atoms with Crippen molar-refractivity contribution in [2.75, 3.05) is 13.1 Å². The predicted octanol–water partition coefficient (Wildman–Crippen LogP) is 3.33. The normalized spacial score (nSPS) is 22.0. The van der Waals surface area contributed by atoms with Crippen LogP contribution in [0.15, 0.2) is 24.3 Å². The summed E-state index contributed by atoms with van der Waals surface area (Å²) < 4.78 is 0. The molecule has 0 saturated carbocycles. The highest BCUT2D eigenvalue weighted by Gasteiger charge is 2.41. The van der Waals surface area contributed by atoms with Gasteiger partial charge in [-0.25, -0.2) is 0 Å². The molecule has 0 aromatic heterocycles. The van der Waals surface area contributed by atoms with Crippen LogP contribution < -0.4 is 0 Å². The Morgan fingerprint density at radius 1 is 1.38 bits per heavy atom. The van der Waals surface area contributed by atoms with Crippen LogP contribution in [0, 0.1) is 5.41 Å². The van der Waals surface area contributed by atoms with Crippen LogP contribution >= 0.6 is 23.2 Å². The van der Waals surface area contributed by atoms with Crippen molar-refractivity contribution in [2.24, 2.45) is 5.41 Å². The van der Waals surface area contributed by atoms with E-state index in [4.69, 9.17) is 28.3 Å². The van der Waals surface area contributed by atoms with E-state index in [-0.39, 0.29) is 12.5 Å². The van der Waals surface area contributed by atoms with Crippen molar-refractivity contribution in [3.05, 3.63) is 39.9 Å². The number of benzene rings is 1. The van der Waals surface area contributed by atoms with Gasteiger partial charge in [0, 0.05) is 29.2 Å². The van der Waals surface area contributed by atoms with E-state index in [9.17, 15) is 9.59 Å². The van der Waals surface area contributed by atoms with Crippen LogP contribution in [-0.4, -0.2) is 35.0 Å². The molecule has 1 heterocycles. The summed E-state index contributed by atoms with van der Waals surface area (Å²) in [5.74, 6) is -1.10. The molecular formula is C15H15Cl2NO3. The van der Waals surface area contributed by atoms with Crippen molar-refractivity contribution in [1.29, 1.82) is 0 Å². The highest BCUT2D eigenvalue weighted by molar-refractivity contribution is 6.34. The van der Waals surface area contributed by atoms with Gasteiger partial charge in [0.2, 0.25) is 5.91 Å². The zero-order valence-electron chi connectivity index (χ0n) is 11.5. The summed E-state index contributed by atoms with van der Waals surface area (Å²) in [4.78, 5) is 24.8. The van der Waals surface area contributed by atoms with E-state index in [1.165, 1.54) is 11.0 Å². The van der Waals surface area contributed by atoms with Crippen LogP contribution in [0.1, 0.15) is 18.9 Å². The first kappa shape index (κ1) is 15.9. The van der Waals surface area contributed by atoms with Gasteiger partial charge >= 0.3 is 5.97 Å². The van der Waals surface area contributed by atoms with E-state index < -0.39 is 11.4 Å². The van der Waals surface area contributed by atoms with Crippen molar-refractivity contribution in [3.8, 4) is 0 Å². The highest BCUT2D eigenvalue weighted by atomic mass is 35.5. The van der Waals surface area contributed by atoms with E-state index in [1.54, 1.807) is 31.2 Å². The van der Waals surface area contributed by atoms with E-state index in [2.05, 4.69) is 0 Å². The summed E-state index contributed by atoms with van der Waals surface area (Å²) >= 11 is 11.9. The van der Waals surface area contributed by atoms with E-state index in [1.807, 2.05) is 0 Å². The molecule has 1 amide bonds. The third kappa shape index (κ3) is 3.57. The standard InChI is InChI=1S/C15H15Cl2NO3/c1-15(14(20)21)6-7-18(9-15)13(19)5-2-10-8-11(16)3-4-12(10)17/h2-5,8H,6-7,9H2,1H3,(H,20,21). The Kier molecular flexibility index (Phi) is 4.59. The number of rotatable bonds is 3. The molecule has 1 aliphatic heterocycles. The van der Waals surface area contributed by atoms with Crippen LogP contribution in [0.3, 0.4) is 0 Å². The molecule has 0 spiro atoms. The van der Waals surface area contributed by atoms with Gasteiger partial charge in [-0.05, 0) is 43.2 Å². The number of halogens is 2. The van der Waals surface area contributed by atoms with Crippen molar-refractivity contribution >= 4 is 41.2 Å². The maximum Gasteiger partial charge on any atom is 0.311 e. The number of carbonyl (C=O) groups excluding carboxylic acids is 1. The van der Waals surface area contributed by atoms with Crippen LogP contribution in [0.25, 0.3) is 6.08 Å². The number of aliphatic carboxylic acids is 1. The molecule has 0 radical (unpaired) electrons. The van der Waals surface area contributed by atoms with Crippen molar-refractivity contribution in [1.82, 2.24) is 4.90 Å². The smallest absolute Gasteiger partial charge is 0.311 e. The van der Waals surface area contributed by atoms with Gasteiger partial charge < -0.3 is 10.0 Å². The average Bonchev–Trinajstić information content (AvgIpc) is 2.84. The monoisotopic (exact) mass is 327 g/mol. The minimum Gasteiger partial charge on any atom is -0.481 e. The SMILES string of the molecule is CC1(C(=O)O)CCN(C(=O)C=Cc2cc(Cl)ccc2Cl)C1. The lowest BCUT2D eigenvalue weighted by atomic mass is 9.90. The van der Waals surface area contributed by atoms with Crippen molar-refractivity contribution in [3.63, 3.8) is 0 Å². The zero-order chi connectivity index (χ0) is 15.6. The fourth-order valence-corrected chi connectivity index (χ4v) is 2.59. The fourth-order valence-electron chi connectivity index (χ4n) is 2.23. The van der Waals surface area contributed by atoms with Crippen molar-refractivity contribution < 1.29 is 14.7 Å². The largest absolute Gasteiger partial charge is 0.481 e. The Labute approximate surface area is 133 Å². The quantitative estimate of drug-likeness (QED) is 0.866. The van der Waals surface area contributed by atoms with Gasteiger partial charge in [0.25, 0.3) is 0 Å². The van der Waals surface area contributed by atoms with E-state index in [0.717, 1.165) is 0 Å². The van der Waals surface area contributed by atoms with Gasteiger partial charge in [0.15, 0.2) is 0 Å². The molecule has 112 valence electrons. The predicted molar refractivity (Wildman–Crippen MR) is 82.4 cm³/mol. The lowest BCUT2D eigenvalue weighted by Gasteiger charge is -2.19. The third-order valence-electron chi connectivity index (χ3n) is 3.66. The topological polar surface area (TPSA) is 57.6 Å². The Hall–Kier alpha value is -1.52. The molecule has 1 aromatic rings. The molecule has 1 N–H and O–H groups in total. The molecule has 1 aliphatic rings. The number of nitrogens with zero attached hydrogens (tertiary/aromatic N) is 1. The number of carbonyl (C=O) groups is 2. The lowest BCUT2D eigenvalue weighted by molar-refractivity contribution is -0.147. The average molecular weight is 328 g/mol. The molecule has 2 rings (SSSR count). The second-order valence-corrected chi connectivity index (χ2v) is 6.22. The lowest BCUT2D eigenvalue weighted by Crippen LogP contribution is -2.34. The number of amides is 1. The second kappa shape index (κ2) is 6.08. The van der Waals surface area contributed by atoms with E-state index in [0.29, 0.717) is 28.6 Å². The number of hydrogen-bond donors (Lipinski definition) is 1. The number of likely N-dealkylation sites (tertiary alicyclic amines) is 1. The molecule has 1 unspecified atom stereocenters. The first-order chi connectivity index (χ1) is 9.82. The van der Waals surface area contributed by atoms with Crippen LogP contribution in [0.4, 0.5) is 0 Å². The molecule has 1 atom stereocenters. The van der Waals surface area contributed by atoms with Gasteiger partial charge in [-0.3, -0.25) is 9.59 Å². The summed E-state index contributed by atoms with van der Waals surface area (Å²) in [6, 6.07) is 4.99. The number of carboxylic acid groups (broad SMARTS) is 1. The Bertz CT molecular complexity index is 615. The van der Waals surface area contributed by atoms with Gasteiger partial charge in [-0.1, -0.05) is 23.2 Å². The summed E-state index contributed by atoms with van der Waals surface area (Å²) in [6.07, 6.45) is 3.44. The summed E-state index contributed by atoms with van der Waals surface area (Å²) in [7, 11) is 0. The second-order valence-electron chi connectivity index (χ2n) is 5.37. The van der Waals surface area contributed by atoms with Gasteiger partial charge in [0.1, 0.15) is 0 Å². The van der Waals surface area contributed by atoms with Gasteiger partial charge in [-0.2, -0.15) is 0 Å². The maximum absolute atomic E-state index is 12.1. The Morgan fingerprint density at radius 3 is 2.71 bits per heavy atom. The number of hydrogen-bond acceptors (Lipinski definition) is 2. The van der Waals surface area contributed by atoms with Gasteiger partial charge in [0.05, 0.1) is 5.41 Å². The highest BCUT2D eigenvalue weighted by Crippen LogP contribution is 2.30. The molecule has 0 bridgehead atoms. The molecule has 4 nitrogen and oxygen atoms in total. The van der Waals surface area contributed by atoms with Crippen LogP contribution in [0.5, 0.6) is 0 Å².